The Hall–Kier alpha value is -1.52. The summed E-state index contributed by atoms with van der Waals surface area (Å²) in [5, 5.41) is 0.356. The highest BCUT2D eigenvalue weighted by Gasteiger charge is 2.11. The van der Waals surface area contributed by atoms with Gasteiger partial charge in [-0.3, -0.25) is 0 Å². The molecule has 4 nitrogen and oxygen atoms in total. The average Bonchev–Trinajstić information content (AvgIpc) is 2.43. The Morgan fingerprint density at radius 3 is 2.68 bits per heavy atom. The van der Waals surface area contributed by atoms with Crippen LogP contribution in [0, 0.1) is 0 Å². The van der Waals surface area contributed by atoms with Crippen LogP contribution in [0.15, 0.2) is 24.4 Å². The Labute approximate surface area is 121 Å². The third-order valence-corrected chi connectivity index (χ3v) is 2.97. The number of benzene rings is 1. The summed E-state index contributed by atoms with van der Waals surface area (Å²) in [6.07, 6.45) is 2.30. The summed E-state index contributed by atoms with van der Waals surface area (Å²) in [6.45, 7) is 2.07. The second-order valence-corrected chi connectivity index (χ2v) is 4.48. The molecule has 2 aromatic rings. The molecule has 100 valence electrons. The molecule has 0 unspecified atom stereocenters. The summed E-state index contributed by atoms with van der Waals surface area (Å²) in [6, 6.07) is 5.67. The SMILES string of the molecule is CCc1ccc(Oc2nc(Cl)ncc2Cl)c(OC)c1. The van der Waals surface area contributed by atoms with Gasteiger partial charge in [0, 0.05) is 0 Å². The molecule has 6 heteroatoms. The van der Waals surface area contributed by atoms with Gasteiger partial charge in [0.15, 0.2) is 11.5 Å². The van der Waals surface area contributed by atoms with Crippen LogP contribution in [0.2, 0.25) is 10.3 Å². The smallest absolute Gasteiger partial charge is 0.242 e. The summed E-state index contributed by atoms with van der Waals surface area (Å²) in [7, 11) is 1.58. The lowest BCUT2D eigenvalue weighted by Gasteiger charge is -2.11. The van der Waals surface area contributed by atoms with Gasteiger partial charge < -0.3 is 9.47 Å². The number of aryl methyl sites for hydroxylation is 1. The third kappa shape index (κ3) is 3.28. The van der Waals surface area contributed by atoms with E-state index in [0.29, 0.717) is 11.5 Å². The highest BCUT2D eigenvalue weighted by Crippen LogP contribution is 2.34. The van der Waals surface area contributed by atoms with E-state index in [1.165, 1.54) is 6.20 Å². The van der Waals surface area contributed by atoms with E-state index in [2.05, 4.69) is 16.9 Å². The zero-order chi connectivity index (χ0) is 13.8. The highest BCUT2D eigenvalue weighted by molar-refractivity contribution is 6.32. The normalized spacial score (nSPS) is 10.3. The van der Waals surface area contributed by atoms with Gasteiger partial charge in [0.1, 0.15) is 5.02 Å². The molecule has 0 spiro atoms. The molecule has 0 saturated heterocycles. The molecular formula is C13H12Cl2N2O2. The van der Waals surface area contributed by atoms with Crippen LogP contribution in [0.25, 0.3) is 0 Å². The fraction of sp³-hybridized carbons (Fsp3) is 0.231. The first-order chi connectivity index (χ1) is 9.13. The second-order valence-electron chi connectivity index (χ2n) is 3.73. The van der Waals surface area contributed by atoms with Crippen LogP contribution in [-0.4, -0.2) is 17.1 Å². The van der Waals surface area contributed by atoms with Gasteiger partial charge in [-0.15, -0.1) is 0 Å². The summed E-state index contributed by atoms with van der Waals surface area (Å²) in [5.41, 5.74) is 1.15. The number of methoxy groups -OCH3 is 1. The van der Waals surface area contributed by atoms with Crippen molar-refractivity contribution in [1.29, 1.82) is 0 Å². The van der Waals surface area contributed by atoms with Crippen molar-refractivity contribution in [3.63, 3.8) is 0 Å². The monoisotopic (exact) mass is 298 g/mol. The molecular weight excluding hydrogens is 287 g/mol. The van der Waals surface area contributed by atoms with E-state index in [9.17, 15) is 0 Å². The number of halogens is 2. The molecule has 2 rings (SSSR count). The first-order valence-electron chi connectivity index (χ1n) is 5.66. The van der Waals surface area contributed by atoms with Gasteiger partial charge in [0.2, 0.25) is 11.2 Å². The molecule has 19 heavy (non-hydrogen) atoms. The van der Waals surface area contributed by atoms with Crippen molar-refractivity contribution in [2.45, 2.75) is 13.3 Å². The van der Waals surface area contributed by atoms with Crippen LogP contribution in [0.1, 0.15) is 12.5 Å². The largest absolute Gasteiger partial charge is 0.493 e. The number of hydrogen-bond acceptors (Lipinski definition) is 4. The van der Waals surface area contributed by atoms with Crippen molar-refractivity contribution in [2.24, 2.45) is 0 Å². The quantitative estimate of drug-likeness (QED) is 0.796. The number of rotatable bonds is 4. The minimum Gasteiger partial charge on any atom is -0.493 e. The standard InChI is InChI=1S/C13H12Cl2N2O2/c1-3-8-4-5-10(11(6-8)18-2)19-12-9(14)7-16-13(15)17-12/h4-7H,3H2,1-2H3. The molecule has 1 heterocycles. The third-order valence-electron chi connectivity index (χ3n) is 2.53. The number of hydrogen-bond donors (Lipinski definition) is 0. The van der Waals surface area contributed by atoms with E-state index < -0.39 is 0 Å². The van der Waals surface area contributed by atoms with Gasteiger partial charge in [-0.05, 0) is 35.7 Å². The lowest BCUT2D eigenvalue weighted by Crippen LogP contribution is -1.95. The Balaban J connectivity index is 2.35. The second kappa shape index (κ2) is 6.08. The number of ether oxygens (including phenoxy) is 2. The van der Waals surface area contributed by atoms with E-state index in [-0.39, 0.29) is 16.2 Å². The Bertz CT molecular complexity index is 591. The van der Waals surface area contributed by atoms with Crippen LogP contribution in [0.3, 0.4) is 0 Å². The lowest BCUT2D eigenvalue weighted by atomic mass is 10.1. The van der Waals surface area contributed by atoms with Gasteiger partial charge in [0.05, 0.1) is 13.3 Å². The van der Waals surface area contributed by atoms with Crippen molar-refractivity contribution in [1.82, 2.24) is 9.97 Å². The van der Waals surface area contributed by atoms with Crippen molar-refractivity contribution < 1.29 is 9.47 Å². The van der Waals surface area contributed by atoms with Gasteiger partial charge >= 0.3 is 0 Å². The molecule has 1 aromatic heterocycles. The van der Waals surface area contributed by atoms with Crippen molar-refractivity contribution >= 4 is 23.2 Å². The maximum Gasteiger partial charge on any atom is 0.242 e. The molecule has 0 aliphatic rings. The molecule has 0 radical (unpaired) electrons. The van der Waals surface area contributed by atoms with Crippen LogP contribution in [0.4, 0.5) is 0 Å². The zero-order valence-corrected chi connectivity index (χ0v) is 12.0. The van der Waals surface area contributed by atoms with Crippen molar-refractivity contribution in [3.05, 3.63) is 40.3 Å². The maximum atomic E-state index is 5.95. The summed E-state index contributed by atoms with van der Waals surface area (Å²) in [4.78, 5) is 7.69. The maximum absolute atomic E-state index is 5.95. The molecule has 0 amide bonds. The minimum absolute atomic E-state index is 0.0727. The van der Waals surface area contributed by atoms with Crippen LogP contribution < -0.4 is 9.47 Å². The zero-order valence-electron chi connectivity index (χ0n) is 10.5. The molecule has 0 aliphatic heterocycles. The van der Waals surface area contributed by atoms with Gasteiger partial charge in [-0.1, -0.05) is 24.6 Å². The predicted molar refractivity (Wildman–Crippen MR) is 74.5 cm³/mol. The molecule has 0 fully saturated rings. The van der Waals surface area contributed by atoms with Gasteiger partial charge in [0.25, 0.3) is 0 Å². The van der Waals surface area contributed by atoms with E-state index in [4.69, 9.17) is 32.7 Å². The molecule has 0 saturated carbocycles. The Morgan fingerprint density at radius 1 is 1.21 bits per heavy atom. The van der Waals surface area contributed by atoms with Crippen molar-refractivity contribution in [2.75, 3.05) is 7.11 Å². The van der Waals surface area contributed by atoms with E-state index >= 15 is 0 Å². The molecule has 1 aromatic carbocycles. The first-order valence-corrected chi connectivity index (χ1v) is 6.42. The van der Waals surface area contributed by atoms with Gasteiger partial charge in [-0.25, -0.2) is 4.98 Å². The fourth-order valence-corrected chi connectivity index (χ4v) is 1.78. The molecule has 0 atom stereocenters. The summed E-state index contributed by atoms with van der Waals surface area (Å²) >= 11 is 11.7. The molecule has 0 aliphatic carbocycles. The summed E-state index contributed by atoms with van der Waals surface area (Å²) < 4.78 is 10.9. The molecule has 0 bridgehead atoms. The topological polar surface area (TPSA) is 44.2 Å². The molecule has 0 N–H and O–H groups in total. The predicted octanol–water partition coefficient (Wildman–Crippen LogP) is 4.15. The lowest BCUT2D eigenvalue weighted by molar-refractivity contribution is 0.373. The van der Waals surface area contributed by atoms with Crippen LogP contribution in [0.5, 0.6) is 17.4 Å². The van der Waals surface area contributed by atoms with Crippen LogP contribution >= 0.6 is 23.2 Å². The summed E-state index contributed by atoms with van der Waals surface area (Å²) in [5.74, 6) is 1.34. The van der Waals surface area contributed by atoms with Crippen molar-refractivity contribution in [3.8, 4) is 17.4 Å². The van der Waals surface area contributed by atoms with Crippen LogP contribution in [-0.2, 0) is 6.42 Å². The van der Waals surface area contributed by atoms with E-state index in [1.807, 2.05) is 18.2 Å². The Kier molecular flexibility index (Phi) is 4.45. The number of nitrogens with zero attached hydrogens (tertiary/aromatic N) is 2. The van der Waals surface area contributed by atoms with E-state index in [1.54, 1.807) is 7.11 Å². The van der Waals surface area contributed by atoms with E-state index in [0.717, 1.165) is 12.0 Å². The van der Waals surface area contributed by atoms with Gasteiger partial charge in [-0.2, -0.15) is 4.98 Å². The average molecular weight is 299 g/mol. The highest BCUT2D eigenvalue weighted by atomic mass is 35.5. The number of aromatic nitrogens is 2. The Morgan fingerprint density at radius 2 is 2.00 bits per heavy atom. The first kappa shape index (κ1) is 13.9. The minimum atomic E-state index is 0.0727. The fourth-order valence-electron chi connectivity index (χ4n) is 1.52.